The van der Waals surface area contributed by atoms with Gasteiger partial charge >= 0.3 is 5.97 Å². The minimum absolute atomic E-state index is 0.0589. The summed E-state index contributed by atoms with van der Waals surface area (Å²) < 4.78 is 0. The van der Waals surface area contributed by atoms with Gasteiger partial charge in [-0.3, -0.25) is 4.79 Å². The smallest absolute Gasteiger partial charge is 0.306 e. The Morgan fingerprint density at radius 1 is 0.964 bits per heavy atom. The lowest BCUT2D eigenvalue weighted by atomic mass is 9.44. The number of carbonyl (C=O) groups is 1. The van der Waals surface area contributed by atoms with E-state index in [0.717, 1.165) is 42.9 Å². The third-order valence-corrected chi connectivity index (χ3v) is 10.5. The van der Waals surface area contributed by atoms with E-state index in [4.69, 9.17) is 0 Å². The van der Waals surface area contributed by atoms with Crippen LogP contribution >= 0.6 is 0 Å². The van der Waals surface area contributed by atoms with E-state index in [1.807, 2.05) is 6.92 Å². The summed E-state index contributed by atoms with van der Waals surface area (Å²) in [7, 11) is 0. The molecule has 0 radical (unpaired) electrons. The molecule has 4 rings (SSSR count). The molecule has 4 saturated carbocycles. The number of hydrogen-bond donors (Lipinski definition) is 2. The number of rotatable bonds is 4. The van der Waals surface area contributed by atoms with Gasteiger partial charge in [0.1, 0.15) is 0 Å². The monoisotopic (exact) mass is 390 g/mol. The van der Waals surface area contributed by atoms with Crippen LogP contribution in [-0.2, 0) is 4.79 Å². The van der Waals surface area contributed by atoms with Crippen LogP contribution in [0.2, 0.25) is 0 Å². The van der Waals surface area contributed by atoms with Crippen LogP contribution in [0.15, 0.2) is 0 Å². The maximum atomic E-state index is 11.4. The summed E-state index contributed by atoms with van der Waals surface area (Å²) in [6.07, 6.45) is 12.1. The first kappa shape index (κ1) is 20.7. The van der Waals surface area contributed by atoms with E-state index in [9.17, 15) is 15.0 Å². The Kier molecular flexibility index (Phi) is 5.39. The largest absolute Gasteiger partial charge is 0.481 e. The van der Waals surface area contributed by atoms with Crippen LogP contribution in [0.4, 0.5) is 0 Å². The Balaban J connectivity index is 1.51. The molecule has 0 aromatic carbocycles. The molecule has 0 amide bonds. The van der Waals surface area contributed by atoms with Crippen molar-refractivity contribution in [3.05, 3.63) is 0 Å². The molecule has 3 nitrogen and oxygen atoms in total. The molecular formula is C25H42O3. The number of fused-ring (bicyclic) bond motifs is 5. The van der Waals surface area contributed by atoms with Crippen LogP contribution in [0.25, 0.3) is 0 Å². The highest BCUT2D eigenvalue weighted by Crippen LogP contribution is 2.68. The lowest BCUT2D eigenvalue weighted by Crippen LogP contribution is -2.54. The van der Waals surface area contributed by atoms with Crippen molar-refractivity contribution < 1.29 is 15.0 Å². The lowest BCUT2D eigenvalue weighted by Gasteiger charge is -2.61. The van der Waals surface area contributed by atoms with Gasteiger partial charge in [0.2, 0.25) is 0 Å². The van der Waals surface area contributed by atoms with Gasteiger partial charge in [0.05, 0.1) is 12.0 Å². The molecule has 10 atom stereocenters. The van der Waals surface area contributed by atoms with Crippen LogP contribution < -0.4 is 0 Å². The first-order valence-corrected chi connectivity index (χ1v) is 12.1. The minimum atomic E-state index is -0.638. The van der Waals surface area contributed by atoms with Crippen molar-refractivity contribution in [2.75, 3.05) is 0 Å². The van der Waals surface area contributed by atoms with E-state index in [-0.39, 0.29) is 12.0 Å². The Morgan fingerprint density at radius 2 is 1.64 bits per heavy atom. The van der Waals surface area contributed by atoms with Crippen molar-refractivity contribution in [2.24, 2.45) is 52.3 Å². The van der Waals surface area contributed by atoms with Crippen LogP contribution in [0.1, 0.15) is 91.9 Å². The van der Waals surface area contributed by atoms with Crippen molar-refractivity contribution in [3.8, 4) is 0 Å². The average molecular weight is 391 g/mol. The fraction of sp³-hybridized carbons (Fsp3) is 0.960. The molecule has 4 aliphatic carbocycles. The van der Waals surface area contributed by atoms with Crippen LogP contribution in [-0.4, -0.2) is 22.3 Å². The predicted molar refractivity (Wildman–Crippen MR) is 112 cm³/mol. The molecule has 0 aliphatic heterocycles. The van der Waals surface area contributed by atoms with Crippen LogP contribution in [0.5, 0.6) is 0 Å². The molecule has 0 spiro atoms. The fourth-order valence-corrected chi connectivity index (χ4v) is 9.03. The quantitative estimate of drug-likeness (QED) is 0.642. The van der Waals surface area contributed by atoms with E-state index >= 15 is 0 Å². The third-order valence-electron chi connectivity index (χ3n) is 10.5. The van der Waals surface area contributed by atoms with Gasteiger partial charge in [0.15, 0.2) is 0 Å². The summed E-state index contributed by atoms with van der Waals surface area (Å²) in [6.45, 7) is 9.33. The van der Waals surface area contributed by atoms with Gasteiger partial charge in [0, 0.05) is 0 Å². The number of carboxylic acid groups (broad SMARTS) is 1. The van der Waals surface area contributed by atoms with E-state index < -0.39 is 5.97 Å². The minimum Gasteiger partial charge on any atom is -0.481 e. The first-order valence-electron chi connectivity index (χ1n) is 12.1. The summed E-state index contributed by atoms with van der Waals surface area (Å²) in [5.74, 6) is 3.62. The summed E-state index contributed by atoms with van der Waals surface area (Å²) >= 11 is 0. The normalized spacial score (nSPS) is 50.2. The number of aliphatic hydroxyl groups excluding tert-OH is 1. The zero-order chi connectivity index (χ0) is 20.3. The van der Waals surface area contributed by atoms with E-state index in [2.05, 4.69) is 20.8 Å². The Labute approximate surface area is 171 Å². The van der Waals surface area contributed by atoms with E-state index in [1.165, 1.54) is 44.9 Å². The lowest BCUT2D eigenvalue weighted by molar-refractivity contribution is -0.142. The molecule has 160 valence electrons. The molecule has 0 saturated heterocycles. The van der Waals surface area contributed by atoms with Gasteiger partial charge in [-0.2, -0.15) is 0 Å². The second kappa shape index (κ2) is 7.29. The molecule has 0 aromatic heterocycles. The van der Waals surface area contributed by atoms with Gasteiger partial charge in [-0.05, 0) is 111 Å². The highest BCUT2D eigenvalue weighted by molar-refractivity contribution is 5.69. The maximum Gasteiger partial charge on any atom is 0.306 e. The summed E-state index contributed by atoms with van der Waals surface area (Å²) in [5.41, 5.74) is 0.862. The third kappa shape index (κ3) is 3.15. The number of carboxylic acids is 1. The van der Waals surface area contributed by atoms with Crippen molar-refractivity contribution in [1.82, 2.24) is 0 Å². The predicted octanol–water partition coefficient (Wildman–Crippen LogP) is 5.75. The molecule has 3 heteroatoms. The molecule has 1 unspecified atom stereocenters. The Hall–Kier alpha value is -0.570. The van der Waals surface area contributed by atoms with Crippen molar-refractivity contribution >= 4 is 5.97 Å². The summed E-state index contributed by atoms with van der Waals surface area (Å²) in [6, 6.07) is 0. The standard InChI is InChI=1S/C25H42O3/c1-15(13-16(2)23(27)28)20-7-8-21-19-6-5-17-14-18(26)9-11-24(17,3)22(19)10-12-25(20,21)4/h15-22,26H,5-14H2,1-4H3,(H,27,28)/t15-,16?,17-,18-,19+,20-,21+,22+,24+,25-/m1/s1. The first-order chi connectivity index (χ1) is 13.2. The molecule has 2 N–H and O–H groups in total. The Morgan fingerprint density at radius 3 is 2.36 bits per heavy atom. The van der Waals surface area contributed by atoms with Crippen LogP contribution in [0, 0.1) is 52.3 Å². The maximum absolute atomic E-state index is 11.4. The van der Waals surface area contributed by atoms with E-state index in [1.54, 1.807) is 0 Å². The van der Waals surface area contributed by atoms with Gasteiger partial charge < -0.3 is 10.2 Å². The van der Waals surface area contributed by atoms with Gasteiger partial charge in [-0.25, -0.2) is 0 Å². The molecule has 28 heavy (non-hydrogen) atoms. The molecule has 0 heterocycles. The van der Waals surface area contributed by atoms with Crippen LogP contribution in [0.3, 0.4) is 0 Å². The molecule has 4 fully saturated rings. The SMILES string of the molecule is CC(C[C@@H](C)[C@H]1CC[C@H]2[C@@H]3CC[C@@H]4C[C@H](O)CC[C@]4(C)[C@H]3CC[C@]12C)C(=O)O. The second-order valence-corrected chi connectivity index (χ2v) is 11.8. The zero-order valence-electron chi connectivity index (χ0n) is 18.5. The number of hydrogen-bond acceptors (Lipinski definition) is 2. The summed E-state index contributed by atoms with van der Waals surface area (Å²) in [4.78, 5) is 11.4. The average Bonchev–Trinajstić information content (AvgIpc) is 2.99. The van der Waals surface area contributed by atoms with Gasteiger partial charge in [-0.15, -0.1) is 0 Å². The highest BCUT2D eigenvalue weighted by atomic mass is 16.4. The molecule has 0 bridgehead atoms. The topological polar surface area (TPSA) is 57.5 Å². The summed E-state index contributed by atoms with van der Waals surface area (Å²) in [5, 5.41) is 19.6. The van der Waals surface area contributed by atoms with Crippen molar-refractivity contribution in [3.63, 3.8) is 0 Å². The van der Waals surface area contributed by atoms with Gasteiger partial charge in [0.25, 0.3) is 0 Å². The highest BCUT2D eigenvalue weighted by Gasteiger charge is 2.60. The van der Waals surface area contributed by atoms with Crippen molar-refractivity contribution in [2.45, 2.75) is 98.0 Å². The fourth-order valence-electron chi connectivity index (χ4n) is 9.03. The molecule has 0 aromatic rings. The number of aliphatic carboxylic acids is 1. The number of aliphatic hydroxyl groups is 1. The Bertz CT molecular complexity index is 603. The molecular weight excluding hydrogens is 348 g/mol. The zero-order valence-corrected chi connectivity index (χ0v) is 18.5. The molecule has 4 aliphatic rings. The van der Waals surface area contributed by atoms with Crippen molar-refractivity contribution in [1.29, 1.82) is 0 Å². The van der Waals surface area contributed by atoms with E-state index in [0.29, 0.717) is 22.7 Å². The van der Waals surface area contributed by atoms with Gasteiger partial charge in [-0.1, -0.05) is 27.7 Å². The second-order valence-electron chi connectivity index (χ2n) is 11.8.